The van der Waals surface area contributed by atoms with Crippen molar-refractivity contribution in [1.82, 2.24) is 4.90 Å². The molecule has 2 N–H and O–H groups in total. The molecular weight excluding hydrogens is 529 g/mol. The van der Waals surface area contributed by atoms with E-state index in [4.69, 9.17) is 11.6 Å². The molecule has 0 saturated carbocycles. The summed E-state index contributed by atoms with van der Waals surface area (Å²) in [6.07, 6.45) is 5.73. The first-order valence-corrected chi connectivity index (χ1v) is 14.3. The zero-order valence-electron chi connectivity index (χ0n) is 20.9. The summed E-state index contributed by atoms with van der Waals surface area (Å²) >= 11 is 5.92. The van der Waals surface area contributed by atoms with Gasteiger partial charge in [0.25, 0.3) is 5.91 Å². The Hall–Kier alpha value is -3.69. The van der Waals surface area contributed by atoms with Gasteiger partial charge in [0.2, 0.25) is 0 Å². The van der Waals surface area contributed by atoms with Gasteiger partial charge in [-0.15, -0.1) is 0 Å². The number of amides is 3. The molecule has 0 aliphatic heterocycles. The lowest BCUT2D eigenvalue weighted by molar-refractivity contribution is -0.120. The molecule has 7 nitrogen and oxygen atoms in total. The van der Waals surface area contributed by atoms with Gasteiger partial charge in [0.05, 0.1) is 10.6 Å². The molecule has 10 heteroatoms. The lowest BCUT2D eigenvalue weighted by Gasteiger charge is -2.31. The molecule has 198 valence electrons. The standard InChI is InChI=1S/C28H27ClFN3O4S/c1-3-4-17-33(27(35)31-21-12-10-20(29)11-13-21)28(15-16-28)26(34)32-24-14-9-19(18-23(24)30)22-7-5-6-8-25(22)38(2,36)37/h5-16,18H,3-4,17H2,1-2H3,(H,31,35)(H,32,34). The predicted molar refractivity (Wildman–Crippen MR) is 148 cm³/mol. The molecule has 0 spiro atoms. The first kappa shape index (κ1) is 27.3. The van der Waals surface area contributed by atoms with Crippen LogP contribution < -0.4 is 10.6 Å². The Kier molecular flexibility index (Phi) is 7.89. The Balaban J connectivity index is 1.55. The molecule has 1 aliphatic carbocycles. The zero-order valence-corrected chi connectivity index (χ0v) is 22.4. The average Bonchev–Trinajstić information content (AvgIpc) is 3.68. The highest BCUT2D eigenvalue weighted by atomic mass is 35.5. The van der Waals surface area contributed by atoms with E-state index in [9.17, 15) is 18.0 Å². The summed E-state index contributed by atoms with van der Waals surface area (Å²) in [5.74, 6) is -1.32. The van der Waals surface area contributed by atoms with Crippen molar-refractivity contribution >= 4 is 44.8 Å². The van der Waals surface area contributed by atoms with Crippen molar-refractivity contribution in [3.8, 4) is 11.1 Å². The van der Waals surface area contributed by atoms with E-state index in [0.29, 0.717) is 34.8 Å². The van der Waals surface area contributed by atoms with Crippen molar-refractivity contribution in [1.29, 1.82) is 0 Å². The van der Waals surface area contributed by atoms with Crippen LogP contribution in [0, 0.1) is 5.82 Å². The summed E-state index contributed by atoms with van der Waals surface area (Å²) in [7, 11) is -3.54. The Morgan fingerprint density at radius 3 is 2.29 bits per heavy atom. The summed E-state index contributed by atoms with van der Waals surface area (Å²) in [4.78, 5) is 28.0. The van der Waals surface area contributed by atoms with Gasteiger partial charge < -0.3 is 15.5 Å². The number of urea groups is 1. The third-order valence-electron chi connectivity index (χ3n) is 6.18. The average molecular weight is 556 g/mol. The van der Waals surface area contributed by atoms with E-state index >= 15 is 4.39 Å². The van der Waals surface area contributed by atoms with E-state index in [1.165, 1.54) is 29.2 Å². The van der Waals surface area contributed by atoms with E-state index in [1.54, 1.807) is 54.6 Å². The maximum atomic E-state index is 15.1. The van der Waals surface area contributed by atoms with Crippen molar-refractivity contribution in [2.45, 2.75) is 30.2 Å². The first-order valence-electron chi connectivity index (χ1n) is 12.0. The number of unbranched alkanes of at least 4 members (excludes halogenated alkanes) is 1. The lowest BCUT2D eigenvalue weighted by atomic mass is 10.0. The van der Waals surface area contributed by atoms with Crippen LogP contribution >= 0.6 is 11.6 Å². The highest BCUT2D eigenvalue weighted by Crippen LogP contribution is 2.35. The first-order chi connectivity index (χ1) is 18.0. The molecule has 0 saturated heterocycles. The predicted octanol–water partition coefficient (Wildman–Crippen LogP) is 6.13. The van der Waals surface area contributed by atoms with Gasteiger partial charge in [-0.25, -0.2) is 17.6 Å². The number of rotatable bonds is 9. The fraction of sp³-hybridized carbons (Fsp3) is 0.214. The van der Waals surface area contributed by atoms with Crippen LogP contribution in [0.5, 0.6) is 0 Å². The second-order valence-electron chi connectivity index (χ2n) is 9.02. The summed E-state index contributed by atoms with van der Waals surface area (Å²) in [6, 6.07) is 16.5. The van der Waals surface area contributed by atoms with Crippen molar-refractivity contribution in [3.63, 3.8) is 0 Å². The smallest absolute Gasteiger partial charge is 0.321 e. The molecule has 0 heterocycles. The fourth-order valence-corrected chi connectivity index (χ4v) is 5.10. The molecule has 0 radical (unpaired) electrons. The topological polar surface area (TPSA) is 95.6 Å². The SMILES string of the molecule is CCCCN(C(=O)Nc1ccc(Cl)cc1)C1(C(=O)Nc2ccc(-c3ccccc3S(C)(=O)=O)cc2F)C=C1. The Labute approximate surface area is 226 Å². The lowest BCUT2D eigenvalue weighted by Crippen LogP contribution is -2.52. The number of nitrogens with zero attached hydrogens (tertiary/aromatic N) is 1. The fourth-order valence-electron chi connectivity index (χ4n) is 4.06. The van der Waals surface area contributed by atoms with Crippen LogP contribution in [0.2, 0.25) is 5.02 Å². The van der Waals surface area contributed by atoms with Gasteiger partial charge in [0.1, 0.15) is 5.82 Å². The van der Waals surface area contributed by atoms with Gasteiger partial charge in [-0.2, -0.15) is 0 Å². The van der Waals surface area contributed by atoms with Crippen LogP contribution in [0.15, 0.2) is 83.8 Å². The van der Waals surface area contributed by atoms with E-state index < -0.39 is 33.1 Å². The molecule has 4 rings (SSSR count). The Bertz CT molecular complexity index is 1500. The Morgan fingerprint density at radius 2 is 1.68 bits per heavy atom. The molecule has 0 fully saturated rings. The maximum Gasteiger partial charge on any atom is 0.323 e. The molecule has 0 unspecified atom stereocenters. The van der Waals surface area contributed by atoms with E-state index in [0.717, 1.165) is 12.7 Å². The number of carbonyl (C=O) groups is 2. The van der Waals surface area contributed by atoms with Crippen LogP contribution in [-0.4, -0.2) is 43.6 Å². The summed E-state index contributed by atoms with van der Waals surface area (Å²) in [5.41, 5.74) is -0.186. The van der Waals surface area contributed by atoms with Crippen molar-refractivity contribution < 1.29 is 22.4 Å². The van der Waals surface area contributed by atoms with Gasteiger partial charge in [-0.1, -0.05) is 49.2 Å². The van der Waals surface area contributed by atoms with E-state index in [1.807, 2.05) is 6.92 Å². The van der Waals surface area contributed by atoms with Crippen LogP contribution in [0.3, 0.4) is 0 Å². The largest absolute Gasteiger partial charge is 0.323 e. The van der Waals surface area contributed by atoms with Gasteiger partial charge in [0, 0.05) is 29.1 Å². The quantitative estimate of drug-likeness (QED) is 0.310. The third kappa shape index (κ3) is 5.89. The minimum atomic E-state index is -3.54. The molecule has 3 aromatic rings. The minimum absolute atomic E-state index is 0.0792. The Morgan fingerprint density at radius 1 is 1.00 bits per heavy atom. The number of nitrogens with one attached hydrogen (secondary N) is 2. The van der Waals surface area contributed by atoms with Gasteiger partial charge in [0.15, 0.2) is 15.4 Å². The van der Waals surface area contributed by atoms with E-state index in [2.05, 4.69) is 10.6 Å². The van der Waals surface area contributed by atoms with Crippen molar-refractivity contribution in [2.75, 3.05) is 23.4 Å². The van der Waals surface area contributed by atoms with Gasteiger partial charge in [-0.3, -0.25) is 4.79 Å². The summed E-state index contributed by atoms with van der Waals surface area (Å²) in [5, 5.41) is 5.89. The van der Waals surface area contributed by atoms with Crippen LogP contribution in [-0.2, 0) is 14.6 Å². The minimum Gasteiger partial charge on any atom is -0.321 e. The molecule has 0 atom stereocenters. The molecule has 0 bridgehead atoms. The molecular formula is C28H27ClFN3O4S. The van der Waals surface area contributed by atoms with Crippen LogP contribution in [0.1, 0.15) is 19.8 Å². The number of anilines is 2. The number of carbonyl (C=O) groups excluding carboxylic acids is 2. The van der Waals surface area contributed by atoms with Crippen LogP contribution in [0.4, 0.5) is 20.6 Å². The van der Waals surface area contributed by atoms with Crippen molar-refractivity contribution in [2.24, 2.45) is 0 Å². The molecule has 0 aromatic heterocycles. The molecule has 1 aliphatic rings. The number of hydrogen-bond acceptors (Lipinski definition) is 4. The van der Waals surface area contributed by atoms with Gasteiger partial charge >= 0.3 is 6.03 Å². The van der Waals surface area contributed by atoms with Crippen LogP contribution in [0.25, 0.3) is 11.1 Å². The zero-order chi connectivity index (χ0) is 27.5. The maximum absolute atomic E-state index is 15.1. The molecule has 38 heavy (non-hydrogen) atoms. The van der Waals surface area contributed by atoms with Gasteiger partial charge in [-0.05, 0) is 66.6 Å². The highest BCUT2D eigenvalue weighted by molar-refractivity contribution is 7.90. The normalized spacial score (nSPS) is 13.6. The molecule has 3 amide bonds. The number of sulfone groups is 1. The monoisotopic (exact) mass is 555 g/mol. The second kappa shape index (κ2) is 11.0. The van der Waals surface area contributed by atoms with E-state index in [-0.39, 0.29) is 10.6 Å². The third-order valence-corrected chi connectivity index (χ3v) is 7.59. The summed E-state index contributed by atoms with van der Waals surface area (Å²) < 4.78 is 39.5. The highest BCUT2D eigenvalue weighted by Gasteiger charge is 2.50. The number of halogens is 2. The molecule has 3 aromatic carbocycles. The van der Waals surface area contributed by atoms with Crippen molar-refractivity contribution in [3.05, 3.63) is 89.7 Å². The number of hydrogen-bond donors (Lipinski definition) is 2. The second-order valence-corrected chi connectivity index (χ2v) is 11.4. The summed E-state index contributed by atoms with van der Waals surface area (Å²) in [6.45, 7) is 2.28. The number of benzene rings is 3.